The van der Waals surface area contributed by atoms with Crippen molar-refractivity contribution in [3.63, 3.8) is 0 Å². The third-order valence-corrected chi connectivity index (χ3v) is 3.11. The van der Waals surface area contributed by atoms with E-state index in [-0.39, 0.29) is 17.1 Å². The Bertz CT molecular complexity index is 951. The fraction of sp³-hybridized carbons (Fsp3) is 0.0714. The lowest BCUT2D eigenvalue weighted by molar-refractivity contribution is 0.100. The molecular weight excluding hydrogens is 298 g/mol. The molecule has 0 unspecified atom stereocenters. The Hall–Kier alpha value is -3.49. The number of fused-ring (bicyclic) bond motifs is 1. The van der Waals surface area contributed by atoms with E-state index >= 15 is 0 Å². The van der Waals surface area contributed by atoms with Gasteiger partial charge in [0.1, 0.15) is 0 Å². The van der Waals surface area contributed by atoms with Crippen LogP contribution < -0.4 is 22.3 Å². The first-order chi connectivity index (χ1) is 11.0. The van der Waals surface area contributed by atoms with Crippen LogP contribution in [0.5, 0.6) is 0 Å². The minimum atomic E-state index is -0.505. The maximum Gasteiger partial charge on any atom is 0.280 e. The van der Waals surface area contributed by atoms with Gasteiger partial charge in [0.2, 0.25) is 11.9 Å². The molecule has 0 aliphatic carbocycles. The number of nitrogens with two attached hydrogens (primary N) is 2. The number of hydrogen-bond acceptors (Lipinski definition) is 7. The Morgan fingerprint density at radius 3 is 2.91 bits per heavy atom. The first kappa shape index (κ1) is 14.4. The molecule has 2 aromatic heterocycles. The first-order valence-electron chi connectivity index (χ1n) is 6.68. The Labute approximate surface area is 129 Å². The second-order valence-corrected chi connectivity index (χ2v) is 4.78. The first-order valence-corrected chi connectivity index (χ1v) is 6.68. The topological polar surface area (TPSA) is 153 Å². The summed E-state index contributed by atoms with van der Waals surface area (Å²) in [7, 11) is 0. The number of nitrogens with one attached hydrogen (secondary N) is 2. The number of nitrogens with zero attached hydrogens (tertiary/aromatic N) is 3. The third-order valence-electron chi connectivity index (χ3n) is 3.11. The van der Waals surface area contributed by atoms with Crippen LogP contribution in [-0.4, -0.2) is 25.8 Å². The zero-order valence-electron chi connectivity index (χ0n) is 11.9. The molecule has 0 aliphatic heterocycles. The van der Waals surface area contributed by atoms with Gasteiger partial charge in [-0.15, -0.1) is 0 Å². The second kappa shape index (κ2) is 5.72. The minimum absolute atomic E-state index is 0.00839. The highest BCUT2D eigenvalue weighted by molar-refractivity contribution is 5.93. The average molecular weight is 311 g/mol. The van der Waals surface area contributed by atoms with Crippen molar-refractivity contribution >= 4 is 28.7 Å². The number of carbonyl (C=O) groups is 1. The predicted molar refractivity (Wildman–Crippen MR) is 84.7 cm³/mol. The zero-order valence-corrected chi connectivity index (χ0v) is 11.9. The van der Waals surface area contributed by atoms with E-state index in [0.717, 1.165) is 0 Å². The van der Waals surface area contributed by atoms with Crippen molar-refractivity contribution < 1.29 is 4.79 Å². The predicted octanol–water partition coefficient (Wildman–Crippen LogP) is 0.00630. The number of primary amides is 1. The van der Waals surface area contributed by atoms with Crippen LogP contribution in [0.25, 0.3) is 11.2 Å². The van der Waals surface area contributed by atoms with Crippen LogP contribution in [0.1, 0.15) is 16.1 Å². The molecule has 23 heavy (non-hydrogen) atoms. The molecule has 6 N–H and O–H groups in total. The molecule has 0 radical (unpaired) electrons. The summed E-state index contributed by atoms with van der Waals surface area (Å²) in [5.41, 5.74) is 12.2. The largest absolute Gasteiger partial charge is 0.379 e. The number of aromatic amines is 1. The van der Waals surface area contributed by atoms with Crippen molar-refractivity contribution in [3.05, 3.63) is 52.1 Å². The molecule has 0 saturated carbocycles. The summed E-state index contributed by atoms with van der Waals surface area (Å²) in [5, 5.41) is 3.08. The molecule has 9 nitrogen and oxygen atoms in total. The molecule has 0 bridgehead atoms. The van der Waals surface area contributed by atoms with Crippen molar-refractivity contribution in [2.24, 2.45) is 5.73 Å². The van der Waals surface area contributed by atoms with Crippen LogP contribution in [-0.2, 0) is 6.54 Å². The van der Waals surface area contributed by atoms with E-state index in [0.29, 0.717) is 23.5 Å². The number of hydrogen-bond donors (Lipinski definition) is 4. The molecular formula is C14H13N7O2. The summed E-state index contributed by atoms with van der Waals surface area (Å²) in [4.78, 5) is 37.5. The summed E-state index contributed by atoms with van der Waals surface area (Å²) < 4.78 is 0. The number of carbonyl (C=O) groups excluding carboxylic acids is 1. The highest BCUT2D eigenvalue weighted by Gasteiger charge is 2.07. The van der Waals surface area contributed by atoms with Crippen molar-refractivity contribution in [3.8, 4) is 0 Å². The van der Waals surface area contributed by atoms with Gasteiger partial charge < -0.3 is 16.8 Å². The van der Waals surface area contributed by atoms with E-state index in [1.807, 2.05) is 0 Å². The zero-order chi connectivity index (χ0) is 16.4. The van der Waals surface area contributed by atoms with Crippen LogP contribution in [0.15, 0.2) is 35.3 Å². The van der Waals surface area contributed by atoms with E-state index < -0.39 is 11.5 Å². The SMILES string of the molecule is NC(=O)c1cccc(NCc2cnc3nc(N)[nH]c(=O)c3n2)c1. The van der Waals surface area contributed by atoms with Gasteiger partial charge in [-0.25, -0.2) is 9.97 Å². The lowest BCUT2D eigenvalue weighted by Gasteiger charge is -2.07. The van der Waals surface area contributed by atoms with Crippen LogP contribution in [0, 0.1) is 0 Å². The van der Waals surface area contributed by atoms with Gasteiger partial charge >= 0.3 is 0 Å². The number of benzene rings is 1. The van der Waals surface area contributed by atoms with E-state index in [1.54, 1.807) is 24.3 Å². The maximum absolute atomic E-state index is 11.8. The van der Waals surface area contributed by atoms with Gasteiger partial charge in [-0.2, -0.15) is 4.98 Å². The summed E-state index contributed by atoms with van der Waals surface area (Å²) >= 11 is 0. The standard InChI is InChI=1S/C14H13N7O2/c15-11(22)7-2-1-3-8(4-7)17-5-9-6-18-12-10(19-9)13(23)21-14(16)20-12/h1-4,6,17H,5H2,(H2,15,22)(H3,16,18,20,21,23). The van der Waals surface area contributed by atoms with Gasteiger partial charge in [-0.1, -0.05) is 6.07 Å². The third kappa shape index (κ3) is 3.07. The van der Waals surface area contributed by atoms with Crippen molar-refractivity contribution in [1.29, 1.82) is 0 Å². The summed E-state index contributed by atoms with van der Waals surface area (Å²) in [6.45, 7) is 0.314. The van der Waals surface area contributed by atoms with E-state index in [9.17, 15) is 9.59 Å². The highest BCUT2D eigenvalue weighted by Crippen LogP contribution is 2.12. The lowest BCUT2D eigenvalue weighted by atomic mass is 10.2. The lowest BCUT2D eigenvalue weighted by Crippen LogP contribution is -2.15. The monoisotopic (exact) mass is 311 g/mol. The molecule has 3 rings (SSSR count). The van der Waals surface area contributed by atoms with Crippen LogP contribution in [0.3, 0.4) is 0 Å². The van der Waals surface area contributed by atoms with Gasteiger partial charge in [-0.05, 0) is 18.2 Å². The number of rotatable bonds is 4. The highest BCUT2D eigenvalue weighted by atomic mass is 16.1. The molecule has 1 aromatic carbocycles. The Morgan fingerprint density at radius 1 is 1.30 bits per heavy atom. The molecule has 0 saturated heterocycles. The fourth-order valence-electron chi connectivity index (χ4n) is 2.03. The summed E-state index contributed by atoms with van der Waals surface area (Å²) in [6.07, 6.45) is 1.50. The van der Waals surface area contributed by atoms with Crippen LogP contribution in [0.4, 0.5) is 11.6 Å². The van der Waals surface area contributed by atoms with Gasteiger partial charge in [0.05, 0.1) is 18.4 Å². The molecule has 2 heterocycles. The Kier molecular flexibility index (Phi) is 3.59. The molecule has 0 aliphatic rings. The second-order valence-electron chi connectivity index (χ2n) is 4.78. The number of nitrogen functional groups attached to an aromatic ring is 1. The maximum atomic E-state index is 11.8. The molecule has 116 valence electrons. The smallest absolute Gasteiger partial charge is 0.280 e. The van der Waals surface area contributed by atoms with Gasteiger partial charge in [0.15, 0.2) is 11.2 Å². The van der Waals surface area contributed by atoms with E-state index in [2.05, 4.69) is 25.3 Å². The normalized spacial score (nSPS) is 10.6. The minimum Gasteiger partial charge on any atom is -0.379 e. The van der Waals surface area contributed by atoms with Crippen molar-refractivity contribution in [1.82, 2.24) is 19.9 Å². The summed E-state index contributed by atoms with van der Waals surface area (Å²) in [6, 6.07) is 6.76. The van der Waals surface area contributed by atoms with E-state index in [1.165, 1.54) is 6.20 Å². The fourth-order valence-corrected chi connectivity index (χ4v) is 2.03. The quantitative estimate of drug-likeness (QED) is 0.529. The molecule has 3 aromatic rings. The van der Waals surface area contributed by atoms with Crippen LogP contribution >= 0.6 is 0 Å². The molecule has 9 heteroatoms. The van der Waals surface area contributed by atoms with Gasteiger partial charge in [0.25, 0.3) is 5.56 Å². The van der Waals surface area contributed by atoms with Crippen molar-refractivity contribution in [2.45, 2.75) is 6.54 Å². The number of amides is 1. The van der Waals surface area contributed by atoms with E-state index in [4.69, 9.17) is 11.5 Å². The Balaban J connectivity index is 1.83. The number of aromatic nitrogens is 4. The number of anilines is 2. The molecule has 0 fully saturated rings. The van der Waals surface area contributed by atoms with Crippen molar-refractivity contribution in [2.75, 3.05) is 11.1 Å². The van der Waals surface area contributed by atoms with Crippen LogP contribution in [0.2, 0.25) is 0 Å². The Morgan fingerprint density at radius 2 is 2.13 bits per heavy atom. The molecule has 0 spiro atoms. The van der Waals surface area contributed by atoms with Gasteiger partial charge in [0, 0.05) is 11.3 Å². The number of H-pyrrole nitrogens is 1. The molecule has 1 amide bonds. The average Bonchev–Trinajstić information content (AvgIpc) is 2.53. The molecule has 0 atom stereocenters. The summed E-state index contributed by atoms with van der Waals surface area (Å²) in [5.74, 6) is -0.514. The van der Waals surface area contributed by atoms with Gasteiger partial charge in [-0.3, -0.25) is 14.6 Å².